The van der Waals surface area contributed by atoms with E-state index >= 15 is 0 Å². The second kappa shape index (κ2) is 15.7. The van der Waals surface area contributed by atoms with Crippen molar-refractivity contribution in [3.8, 4) is 6.07 Å². The average molecular weight is 531 g/mol. The summed E-state index contributed by atoms with van der Waals surface area (Å²) in [6.45, 7) is 5.93. The molecule has 0 radical (unpaired) electrons. The predicted molar refractivity (Wildman–Crippen MR) is 116 cm³/mol. The summed E-state index contributed by atoms with van der Waals surface area (Å²) in [5.41, 5.74) is 0. The second-order valence-corrected chi connectivity index (χ2v) is 7.41. The number of hydrogen-bond donors (Lipinski definition) is 0. The summed E-state index contributed by atoms with van der Waals surface area (Å²) in [4.78, 5) is 82.7. The number of rotatable bonds is 13. The Labute approximate surface area is 212 Å². The number of nitrogens with zero attached hydrogens (tertiary/aromatic N) is 1. The number of nitriles is 1. The zero-order valence-corrected chi connectivity index (χ0v) is 21.3. The van der Waals surface area contributed by atoms with Crippen molar-refractivity contribution in [2.24, 2.45) is 0 Å². The van der Waals surface area contributed by atoms with Gasteiger partial charge >= 0.3 is 41.8 Å². The molecule has 0 rings (SSSR count). The van der Waals surface area contributed by atoms with Gasteiger partial charge in [-0.2, -0.15) is 5.26 Å². The van der Waals surface area contributed by atoms with E-state index < -0.39 is 85.0 Å². The van der Waals surface area contributed by atoms with E-state index in [0.717, 1.165) is 48.5 Å². The van der Waals surface area contributed by atoms with Crippen molar-refractivity contribution in [1.29, 1.82) is 5.26 Å². The van der Waals surface area contributed by atoms with Gasteiger partial charge in [0.25, 0.3) is 0 Å². The molecule has 0 aliphatic carbocycles. The third-order valence-electron chi connectivity index (χ3n) is 4.03. The van der Waals surface area contributed by atoms with Gasteiger partial charge in [-0.3, -0.25) is 33.6 Å². The third-order valence-corrected chi connectivity index (χ3v) is 4.03. The molecule has 0 aromatic carbocycles. The van der Waals surface area contributed by atoms with E-state index in [1.807, 2.05) is 0 Å². The first kappa shape index (κ1) is 32.8. The maximum absolute atomic E-state index is 12.1. The van der Waals surface area contributed by atoms with E-state index in [9.17, 15) is 38.8 Å². The van der Waals surface area contributed by atoms with Gasteiger partial charge in [-0.1, -0.05) is 0 Å². The van der Waals surface area contributed by atoms with Crippen LogP contribution in [0, 0.1) is 11.3 Å². The summed E-state index contributed by atoms with van der Waals surface area (Å²) in [6, 6.07) is 1.57. The lowest BCUT2D eigenvalue weighted by Gasteiger charge is -2.38. The summed E-state index contributed by atoms with van der Waals surface area (Å²) in [7, 11) is 0. The van der Waals surface area contributed by atoms with Gasteiger partial charge in [-0.05, 0) is 0 Å². The molecule has 0 amide bonds. The molecular formula is C22H29NO14. The Kier molecular flexibility index (Phi) is 13.9. The largest absolute Gasteiger partial charge is 0.462 e. The Morgan fingerprint density at radius 3 is 1.22 bits per heavy atom. The van der Waals surface area contributed by atoms with Crippen LogP contribution in [0.2, 0.25) is 0 Å². The molecule has 0 spiro atoms. The van der Waals surface area contributed by atoms with Crippen molar-refractivity contribution in [3.05, 3.63) is 0 Å². The van der Waals surface area contributed by atoms with Crippen LogP contribution in [0.25, 0.3) is 0 Å². The summed E-state index contributed by atoms with van der Waals surface area (Å²) in [6.07, 6.45) is -11.3. The third kappa shape index (κ3) is 12.9. The quantitative estimate of drug-likeness (QED) is 0.220. The Balaban J connectivity index is 7.09. The smallest absolute Gasteiger partial charge is 0.304 e. The molecule has 0 aliphatic rings. The number of esters is 7. The van der Waals surface area contributed by atoms with Crippen LogP contribution in [0.4, 0.5) is 0 Å². The van der Waals surface area contributed by atoms with Gasteiger partial charge in [0.2, 0.25) is 6.10 Å². The zero-order chi connectivity index (χ0) is 28.9. The minimum absolute atomic E-state index is 0.721. The lowest BCUT2D eigenvalue weighted by molar-refractivity contribution is -0.219. The molecule has 6 unspecified atom stereocenters. The summed E-state index contributed by atoms with van der Waals surface area (Å²) >= 11 is 0. The van der Waals surface area contributed by atoms with Crippen molar-refractivity contribution in [1.82, 2.24) is 0 Å². The average Bonchev–Trinajstić information content (AvgIpc) is 2.73. The van der Waals surface area contributed by atoms with E-state index in [4.69, 9.17) is 33.2 Å². The second-order valence-electron chi connectivity index (χ2n) is 7.41. The van der Waals surface area contributed by atoms with Crippen LogP contribution in [-0.4, -0.2) is 85.0 Å². The molecule has 37 heavy (non-hydrogen) atoms. The van der Waals surface area contributed by atoms with Gasteiger partial charge in [0.05, 0.1) is 0 Å². The van der Waals surface area contributed by atoms with Crippen LogP contribution in [0.1, 0.15) is 48.5 Å². The molecule has 0 aromatic rings. The molecule has 206 valence electrons. The number of hydrogen-bond acceptors (Lipinski definition) is 15. The molecule has 0 bridgehead atoms. The van der Waals surface area contributed by atoms with E-state index in [0.29, 0.717) is 0 Å². The van der Waals surface area contributed by atoms with Crippen LogP contribution in [-0.2, 0) is 66.7 Å². The summed E-state index contributed by atoms with van der Waals surface area (Å²) in [5.74, 6) is -6.89. The lowest BCUT2D eigenvalue weighted by Crippen LogP contribution is -2.59. The molecule has 0 saturated heterocycles. The van der Waals surface area contributed by atoms with E-state index in [2.05, 4.69) is 0 Å². The zero-order valence-electron chi connectivity index (χ0n) is 21.3. The van der Waals surface area contributed by atoms with E-state index in [1.165, 1.54) is 0 Å². The summed E-state index contributed by atoms with van der Waals surface area (Å²) < 4.78 is 35.6. The van der Waals surface area contributed by atoms with Crippen molar-refractivity contribution >= 4 is 41.8 Å². The Morgan fingerprint density at radius 2 is 0.865 bits per heavy atom. The highest BCUT2D eigenvalue weighted by atomic mass is 16.7. The van der Waals surface area contributed by atoms with Gasteiger partial charge in [0, 0.05) is 48.5 Å². The maximum Gasteiger partial charge on any atom is 0.304 e. The van der Waals surface area contributed by atoms with Crippen LogP contribution in [0.5, 0.6) is 0 Å². The molecule has 0 aromatic heterocycles. The molecule has 0 saturated carbocycles. The summed E-state index contributed by atoms with van der Waals surface area (Å²) in [5, 5.41) is 9.58. The normalized spacial score (nSPS) is 15.1. The van der Waals surface area contributed by atoms with Crippen molar-refractivity contribution in [2.45, 2.75) is 85.1 Å². The first-order chi connectivity index (χ1) is 17.1. The fourth-order valence-corrected chi connectivity index (χ4v) is 3.02. The van der Waals surface area contributed by atoms with E-state index in [-0.39, 0.29) is 0 Å². The van der Waals surface area contributed by atoms with Crippen LogP contribution in [0.15, 0.2) is 0 Å². The molecule has 0 heterocycles. The topological polar surface area (TPSA) is 208 Å². The van der Waals surface area contributed by atoms with Crippen LogP contribution < -0.4 is 0 Å². The molecule has 0 fully saturated rings. The molecule has 0 aliphatic heterocycles. The van der Waals surface area contributed by atoms with Crippen LogP contribution in [0.3, 0.4) is 0 Å². The fourth-order valence-electron chi connectivity index (χ4n) is 3.02. The SMILES string of the molecule is CC(=O)OCC(OC(C)=O)C(OC(C)=O)C(OC(C)=O)C(OC(C)=O)C(OC(C)=O)C(C#N)OC(C)=O. The Hall–Kier alpha value is -4.22. The number of carbonyl (C=O) groups excluding carboxylic acids is 7. The minimum atomic E-state index is -1.98. The van der Waals surface area contributed by atoms with Gasteiger partial charge < -0.3 is 33.2 Å². The molecule has 0 N–H and O–H groups in total. The number of carbonyl (C=O) groups is 7. The van der Waals surface area contributed by atoms with Gasteiger partial charge in [0.15, 0.2) is 30.5 Å². The fraction of sp³-hybridized carbons (Fsp3) is 0.636. The van der Waals surface area contributed by atoms with Gasteiger partial charge in [-0.15, -0.1) is 0 Å². The highest BCUT2D eigenvalue weighted by molar-refractivity contribution is 5.70. The maximum atomic E-state index is 12.1. The Bertz CT molecular complexity index is 923. The first-order valence-electron chi connectivity index (χ1n) is 10.6. The molecular weight excluding hydrogens is 502 g/mol. The minimum Gasteiger partial charge on any atom is -0.462 e. The highest BCUT2D eigenvalue weighted by Gasteiger charge is 2.51. The molecule has 6 atom stereocenters. The van der Waals surface area contributed by atoms with Crippen LogP contribution >= 0.6 is 0 Å². The standard InChI is InChI=1S/C22H29NO14/c1-10(24)31-9-18(33-12(3)26)20(35-14(5)28)22(37-16(7)30)21(36-15(6)29)19(34-13(4)27)17(8-23)32-11(2)25/h17-22H,9H2,1-7H3. The Morgan fingerprint density at radius 1 is 0.514 bits per heavy atom. The lowest BCUT2D eigenvalue weighted by atomic mass is 9.95. The molecule has 15 nitrogen and oxygen atoms in total. The highest BCUT2D eigenvalue weighted by Crippen LogP contribution is 2.26. The monoisotopic (exact) mass is 531 g/mol. The van der Waals surface area contributed by atoms with E-state index in [1.54, 1.807) is 6.07 Å². The van der Waals surface area contributed by atoms with Gasteiger partial charge in [-0.25, -0.2) is 0 Å². The number of ether oxygens (including phenoxy) is 7. The van der Waals surface area contributed by atoms with Crippen molar-refractivity contribution in [3.63, 3.8) is 0 Å². The molecule has 15 heteroatoms. The first-order valence-corrected chi connectivity index (χ1v) is 10.6. The predicted octanol–water partition coefficient (Wildman–Crippen LogP) is -0.337. The van der Waals surface area contributed by atoms with Gasteiger partial charge in [0.1, 0.15) is 12.7 Å². The van der Waals surface area contributed by atoms with Crippen molar-refractivity contribution in [2.75, 3.05) is 6.61 Å². The van der Waals surface area contributed by atoms with Crippen molar-refractivity contribution < 1.29 is 66.7 Å².